The second-order valence-corrected chi connectivity index (χ2v) is 4.78. The van der Waals surface area contributed by atoms with E-state index in [1.807, 2.05) is 13.8 Å². The van der Waals surface area contributed by atoms with Crippen molar-refractivity contribution in [3.8, 4) is 0 Å². The van der Waals surface area contributed by atoms with Gasteiger partial charge in [-0.15, -0.1) is 11.6 Å². The molecule has 0 aromatic heterocycles. The van der Waals surface area contributed by atoms with Gasteiger partial charge in [-0.3, -0.25) is 4.79 Å². The van der Waals surface area contributed by atoms with Crippen LogP contribution in [0.4, 0.5) is 0 Å². The van der Waals surface area contributed by atoms with Crippen LogP contribution >= 0.6 is 11.6 Å². The lowest BCUT2D eigenvalue weighted by molar-refractivity contribution is -0.122. The molecule has 0 heterocycles. The molecule has 1 aliphatic carbocycles. The fourth-order valence-corrected chi connectivity index (χ4v) is 1.63. The third-order valence-corrected chi connectivity index (χ3v) is 3.06. The first-order valence-corrected chi connectivity index (χ1v) is 5.44. The maximum Gasteiger partial charge on any atom is 0.220 e. The van der Waals surface area contributed by atoms with E-state index in [-0.39, 0.29) is 11.3 Å². The summed E-state index contributed by atoms with van der Waals surface area (Å²) in [6, 6.07) is 0. The fourth-order valence-electron chi connectivity index (χ4n) is 1.26. The van der Waals surface area contributed by atoms with Crippen molar-refractivity contribution < 1.29 is 4.79 Å². The maximum atomic E-state index is 11.3. The molecule has 13 heavy (non-hydrogen) atoms. The number of nitrogens with one attached hydrogen (secondary N) is 1. The second kappa shape index (κ2) is 4.32. The minimum Gasteiger partial charge on any atom is -0.355 e. The molecule has 1 amide bonds. The predicted octanol–water partition coefficient (Wildman–Crippen LogP) is 2.17. The molecule has 0 radical (unpaired) electrons. The summed E-state index contributed by atoms with van der Waals surface area (Å²) in [5.74, 6) is 1.27. The van der Waals surface area contributed by atoms with Crippen molar-refractivity contribution in [3.05, 3.63) is 0 Å². The lowest BCUT2D eigenvalue weighted by Crippen LogP contribution is -2.31. The summed E-state index contributed by atoms with van der Waals surface area (Å²) in [4.78, 5) is 11.3. The van der Waals surface area contributed by atoms with Crippen molar-refractivity contribution in [1.82, 2.24) is 5.32 Å². The standard InChI is InChI=1S/C10H18ClNO/c1-8(2)5-9(13)12-7-10(6-11)3-4-10/h8H,3-7H2,1-2H3,(H,12,13). The molecule has 1 aliphatic rings. The van der Waals surface area contributed by atoms with Gasteiger partial charge in [-0.1, -0.05) is 13.8 Å². The summed E-state index contributed by atoms with van der Waals surface area (Å²) in [7, 11) is 0. The van der Waals surface area contributed by atoms with Gasteiger partial charge in [-0.05, 0) is 18.8 Å². The lowest BCUT2D eigenvalue weighted by atomic mass is 10.1. The highest BCUT2D eigenvalue weighted by Gasteiger charge is 2.41. The van der Waals surface area contributed by atoms with E-state index >= 15 is 0 Å². The summed E-state index contributed by atoms with van der Waals surface area (Å²) < 4.78 is 0. The molecule has 0 spiro atoms. The minimum atomic E-state index is 0.159. The third-order valence-electron chi connectivity index (χ3n) is 2.49. The zero-order valence-corrected chi connectivity index (χ0v) is 9.16. The molecule has 0 saturated heterocycles. The Morgan fingerprint density at radius 3 is 2.54 bits per heavy atom. The van der Waals surface area contributed by atoms with E-state index in [0.29, 0.717) is 18.2 Å². The van der Waals surface area contributed by atoms with Crippen molar-refractivity contribution in [2.24, 2.45) is 11.3 Å². The summed E-state index contributed by atoms with van der Waals surface area (Å²) in [6.07, 6.45) is 2.95. The van der Waals surface area contributed by atoms with Gasteiger partial charge < -0.3 is 5.32 Å². The predicted molar refractivity (Wildman–Crippen MR) is 54.9 cm³/mol. The SMILES string of the molecule is CC(C)CC(=O)NCC1(CCl)CC1. The molecule has 0 atom stereocenters. The molecule has 0 aromatic rings. The van der Waals surface area contributed by atoms with E-state index in [1.165, 1.54) is 12.8 Å². The normalized spacial score (nSPS) is 18.8. The molecule has 1 saturated carbocycles. The van der Waals surface area contributed by atoms with Crippen LogP contribution in [0.1, 0.15) is 33.1 Å². The highest BCUT2D eigenvalue weighted by atomic mass is 35.5. The molecular weight excluding hydrogens is 186 g/mol. The highest BCUT2D eigenvalue weighted by molar-refractivity contribution is 6.18. The quantitative estimate of drug-likeness (QED) is 0.682. The Morgan fingerprint density at radius 2 is 2.15 bits per heavy atom. The Bertz CT molecular complexity index is 187. The van der Waals surface area contributed by atoms with Gasteiger partial charge in [0.15, 0.2) is 0 Å². The Balaban J connectivity index is 2.15. The van der Waals surface area contributed by atoms with E-state index in [1.54, 1.807) is 0 Å². The van der Waals surface area contributed by atoms with Crippen LogP contribution in [0.15, 0.2) is 0 Å². The Kier molecular flexibility index (Phi) is 3.60. The minimum absolute atomic E-state index is 0.159. The topological polar surface area (TPSA) is 29.1 Å². The number of alkyl halides is 1. The number of hydrogen-bond acceptors (Lipinski definition) is 1. The van der Waals surface area contributed by atoms with Crippen LogP contribution in [0, 0.1) is 11.3 Å². The van der Waals surface area contributed by atoms with Gasteiger partial charge in [-0.2, -0.15) is 0 Å². The van der Waals surface area contributed by atoms with Crippen LogP contribution in [0.3, 0.4) is 0 Å². The summed E-state index contributed by atoms with van der Waals surface area (Å²) in [6.45, 7) is 4.87. The first-order valence-electron chi connectivity index (χ1n) is 4.91. The number of hydrogen-bond donors (Lipinski definition) is 1. The molecule has 0 aromatic carbocycles. The van der Waals surface area contributed by atoms with E-state index in [2.05, 4.69) is 5.32 Å². The van der Waals surface area contributed by atoms with Crippen LogP contribution in [0.2, 0.25) is 0 Å². The van der Waals surface area contributed by atoms with Crippen LogP contribution in [-0.2, 0) is 4.79 Å². The number of carbonyl (C=O) groups excluding carboxylic acids is 1. The Labute approximate surface area is 85.0 Å². The average molecular weight is 204 g/mol. The second-order valence-electron chi connectivity index (χ2n) is 4.51. The first-order chi connectivity index (χ1) is 6.08. The van der Waals surface area contributed by atoms with Crippen LogP contribution in [-0.4, -0.2) is 18.3 Å². The van der Waals surface area contributed by atoms with E-state index in [9.17, 15) is 4.79 Å². The smallest absolute Gasteiger partial charge is 0.220 e. The zero-order chi connectivity index (χ0) is 9.90. The largest absolute Gasteiger partial charge is 0.355 e. The van der Waals surface area contributed by atoms with Gasteiger partial charge in [-0.25, -0.2) is 0 Å². The number of rotatable bonds is 5. The first kappa shape index (κ1) is 10.8. The molecule has 0 bridgehead atoms. The molecule has 3 heteroatoms. The van der Waals surface area contributed by atoms with Gasteiger partial charge in [0.05, 0.1) is 0 Å². The average Bonchev–Trinajstić information content (AvgIpc) is 2.80. The van der Waals surface area contributed by atoms with Crippen LogP contribution in [0.5, 0.6) is 0 Å². The summed E-state index contributed by atoms with van der Waals surface area (Å²) in [5.41, 5.74) is 0.244. The Morgan fingerprint density at radius 1 is 1.54 bits per heavy atom. The zero-order valence-electron chi connectivity index (χ0n) is 8.40. The van der Waals surface area contributed by atoms with Gasteiger partial charge in [0.2, 0.25) is 5.91 Å². The fraction of sp³-hybridized carbons (Fsp3) is 0.900. The van der Waals surface area contributed by atoms with Crippen LogP contribution < -0.4 is 5.32 Å². The van der Waals surface area contributed by atoms with Crippen molar-refractivity contribution in [2.45, 2.75) is 33.1 Å². The highest BCUT2D eigenvalue weighted by Crippen LogP contribution is 2.45. The van der Waals surface area contributed by atoms with Gasteiger partial charge >= 0.3 is 0 Å². The molecule has 1 N–H and O–H groups in total. The monoisotopic (exact) mass is 203 g/mol. The van der Waals surface area contributed by atoms with E-state index in [0.717, 1.165) is 6.54 Å². The molecular formula is C10H18ClNO. The van der Waals surface area contributed by atoms with E-state index < -0.39 is 0 Å². The van der Waals surface area contributed by atoms with Gasteiger partial charge in [0.1, 0.15) is 0 Å². The van der Waals surface area contributed by atoms with Gasteiger partial charge in [0, 0.05) is 24.3 Å². The van der Waals surface area contributed by atoms with Crippen molar-refractivity contribution in [2.75, 3.05) is 12.4 Å². The Hall–Kier alpha value is -0.240. The number of halogens is 1. The lowest BCUT2D eigenvalue weighted by Gasteiger charge is -2.13. The molecule has 1 rings (SSSR count). The van der Waals surface area contributed by atoms with Gasteiger partial charge in [0.25, 0.3) is 0 Å². The number of carbonyl (C=O) groups is 1. The molecule has 1 fully saturated rings. The maximum absolute atomic E-state index is 11.3. The van der Waals surface area contributed by atoms with Crippen LogP contribution in [0.25, 0.3) is 0 Å². The molecule has 76 valence electrons. The molecule has 2 nitrogen and oxygen atoms in total. The van der Waals surface area contributed by atoms with Crippen molar-refractivity contribution >= 4 is 17.5 Å². The summed E-state index contributed by atoms with van der Waals surface area (Å²) >= 11 is 5.79. The third kappa shape index (κ3) is 3.55. The molecule has 0 unspecified atom stereocenters. The molecule has 0 aliphatic heterocycles. The number of amides is 1. The van der Waals surface area contributed by atoms with E-state index in [4.69, 9.17) is 11.6 Å². The van der Waals surface area contributed by atoms with Crippen molar-refractivity contribution in [1.29, 1.82) is 0 Å². The summed E-state index contributed by atoms with van der Waals surface area (Å²) in [5, 5.41) is 2.94. The van der Waals surface area contributed by atoms with Crippen molar-refractivity contribution in [3.63, 3.8) is 0 Å².